The molecule has 0 radical (unpaired) electrons. The van der Waals surface area contributed by atoms with Gasteiger partial charge in [0.05, 0.1) is 24.9 Å². The van der Waals surface area contributed by atoms with Gasteiger partial charge in [-0.2, -0.15) is 0 Å². The summed E-state index contributed by atoms with van der Waals surface area (Å²) in [6.45, 7) is -0.106. The smallest absolute Gasteiger partial charge is 0.325 e. The van der Waals surface area contributed by atoms with Gasteiger partial charge in [-0.05, 0) is 12.1 Å². The van der Waals surface area contributed by atoms with Crippen molar-refractivity contribution in [1.82, 2.24) is 20.1 Å². The van der Waals surface area contributed by atoms with Crippen molar-refractivity contribution in [3.8, 4) is 0 Å². The number of likely N-dealkylation sites (N-methyl/N-ethyl adjacent to an activating group) is 1. The maximum absolute atomic E-state index is 12.3. The summed E-state index contributed by atoms with van der Waals surface area (Å²) < 4.78 is 5.15. The van der Waals surface area contributed by atoms with Crippen molar-refractivity contribution in [3.63, 3.8) is 0 Å². The number of ether oxygens (including phenoxy) is 1. The Labute approximate surface area is 128 Å². The van der Waals surface area contributed by atoms with Crippen LogP contribution in [0.25, 0.3) is 0 Å². The van der Waals surface area contributed by atoms with Crippen molar-refractivity contribution in [2.24, 2.45) is 0 Å². The monoisotopic (exact) mass is 306 g/mol. The van der Waals surface area contributed by atoms with E-state index in [0.29, 0.717) is 5.69 Å². The number of methoxy groups -OCH3 is 1. The first-order valence-corrected chi connectivity index (χ1v) is 6.78. The summed E-state index contributed by atoms with van der Waals surface area (Å²) in [5.41, 5.74) is 0.678. The van der Waals surface area contributed by atoms with E-state index in [1.54, 1.807) is 25.4 Å². The maximum atomic E-state index is 12.3. The lowest BCUT2D eigenvalue weighted by Gasteiger charge is -2.28. The number of imide groups is 1. The van der Waals surface area contributed by atoms with Crippen LogP contribution in [-0.2, 0) is 14.3 Å². The van der Waals surface area contributed by atoms with Gasteiger partial charge in [0.25, 0.3) is 5.91 Å². The SMILES string of the molecule is COC[C@H](c1ccccn1)N(C)C(=O)CN1C(=O)CNC1=O. The molecule has 118 valence electrons. The number of urea groups is 1. The van der Waals surface area contributed by atoms with Crippen molar-refractivity contribution in [2.45, 2.75) is 6.04 Å². The lowest BCUT2D eigenvalue weighted by Crippen LogP contribution is -2.43. The van der Waals surface area contributed by atoms with E-state index in [1.807, 2.05) is 6.07 Å². The second-order valence-electron chi connectivity index (χ2n) is 4.87. The standard InChI is InChI=1S/C14H18N4O4/c1-17(11(9-22-2)10-5-3-4-6-15-10)13(20)8-18-12(19)7-16-14(18)21/h3-6,11H,7-9H2,1-2H3,(H,16,21)/t11-/m1/s1. The number of amides is 4. The first kappa shape index (κ1) is 15.9. The van der Waals surface area contributed by atoms with E-state index in [0.717, 1.165) is 4.90 Å². The maximum Gasteiger partial charge on any atom is 0.325 e. The average Bonchev–Trinajstić information content (AvgIpc) is 2.84. The van der Waals surface area contributed by atoms with E-state index in [2.05, 4.69) is 10.3 Å². The van der Waals surface area contributed by atoms with Gasteiger partial charge in [-0.15, -0.1) is 0 Å². The zero-order valence-corrected chi connectivity index (χ0v) is 12.5. The molecule has 0 saturated carbocycles. The fourth-order valence-electron chi connectivity index (χ4n) is 2.16. The van der Waals surface area contributed by atoms with Crippen LogP contribution in [0.4, 0.5) is 4.79 Å². The Morgan fingerprint density at radius 3 is 2.82 bits per heavy atom. The molecule has 22 heavy (non-hydrogen) atoms. The third-order valence-electron chi connectivity index (χ3n) is 3.45. The highest BCUT2D eigenvalue weighted by Gasteiger charge is 2.32. The highest BCUT2D eigenvalue weighted by atomic mass is 16.5. The minimum atomic E-state index is -0.548. The first-order valence-electron chi connectivity index (χ1n) is 6.78. The van der Waals surface area contributed by atoms with Crippen molar-refractivity contribution in [3.05, 3.63) is 30.1 Å². The zero-order valence-electron chi connectivity index (χ0n) is 12.5. The molecule has 1 N–H and O–H groups in total. The summed E-state index contributed by atoms with van der Waals surface area (Å²) in [6, 6.07) is 4.46. The molecule has 0 bridgehead atoms. The molecular weight excluding hydrogens is 288 g/mol. The fraction of sp³-hybridized carbons (Fsp3) is 0.429. The molecular formula is C14H18N4O4. The van der Waals surface area contributed by atoms with E-state index in [9.17, 15) is 14.4 Å². The molecule has 8 nitrogen and oxygen atoms in total. The second-order valence-corrected chi connectivity index (χ2v) is 4.87. The molecule has 1 saturated heterocycles. The molecule has 1 aliphatic rings. The Hall–Kier alpha value is -2.48. The summed E-state index contributed by atoms with van der Waals surface area (Å²) in [4.78, 5) is 42.0. The molecule has 1 aromatic rings. The molecule has 0 aromatic carbocycles. The lowest BCUT2D eigenvalue weighted by molar-refractivity contribution is -0.138. The average molecular weight is 306 g/mol. The molecule has 4 amide bonds. The Morgan fingerprint density at radius 2 is 2.27 bits per heavy atom. The summed E-state index contributed by atoms with van der Waals surface area (Å²) >= 11 is 0. The van der Waals surface area contributed by atoms with Crippen LogP contribution in [0.1, 0.15) is 11.7 Å². The molecule has 2 rings (SSSR count). The molecule has 1 fully saturated rings. The van der Waals surface area contributed by atoms with Crippen LogP contribution in [-0.4, -0.2) is 66.5 Å². The van der Waals surface area contributed by atoms with E-state index in [-0.39, 0.29) is 31.6 Å². The highest BCUT2D eigenvalue weighted by molar-refractivity contribution is 6.04. The molecule has 0 unspecified atom stereocenters. The van der Waals surface area contributed by atoms with Crippen LogP contribution in [0, 0.1) is 0 Å². The first-order chi connectivity index (χ1) is 10.5. The number of hydrogen-bond donors (Lipinski definition) is 1. The highest BCUT2D eigenvalue weighted by Crippen LogP contribution is 2.18. The minimum Gasteiger partial charge on any atom is -0.382 e. The van der Waals surface area contributed by atoms with Crippen LogP contribution in [0.5, 0.6) is 0 Å². The Morgan fingerprint density at radius 1 is 1.50 bits per heavy atom. The van der Waals surface area contributed by atoms with Crippen LogP contribution < -0.4 is 5.32 Å². The van der Waals surface area contributed by atoms with E-state index in [1.165, 1.54) is 12.0 Å². The molecule has 2 heterocycles. The third-order valence-corrected chi connectivity index (χ3v) is 3.45. The number of hydrogen-bond acceptors (Lipinski definition) is 5. The van der Waals surface area contributed by atoms with E-state index >= 15 is 0 Å². The number of nitrogens with one attached hydrogen (secondary N) is 1. The number of pyridine rings is 1. The van der Waals surface area contributed by atoms with Crippen LogP contribution in [0.3, 0.4) is 0 Å². The van der Waals surface area contributed by atoms with Gasteiger partial charge < -0.3 is 15.0 Å². The van der Waals surface area contributed by atoms with Crippen molar-refractivity contribution in [1.29, 1.82) is 0 Å². The Bertz CT molecular complexity index is 547. The predicted octanol–water partition coefficient (Wildman–Crippen LogP) is -0.221. The summed E-state index contributed by atoms with van der Waals surface area (Å²) in [5.74, 6) is -0.772. The van der Waals surface area contributed by atoms with Gasteiger partial charge in [0.2, 0.25) is 5.91 Å². The van der Waals surface area contributed by atoms with Gasteiger partial charge in [0.15, 0.2) is 0 Å². The number of carbonyl (C=O) groups excluding carboxylic acids is 3. The van der Waals surface area contributed by atoms with Crippen molar-refractivity contribution >= 4 is 17.8 Å². The molecule has 0 spiro atoms. The molecule has 1 aromatic heterocycles. The van der Waals surface area contributed by atoms with Gasteiger partial charge in [-0.25, -0.2) is 4.79 Å². The fourth-order valence-corrected chi connectivity index (χ4v) is 2.16. The minimum absolute atomic E-state index is 0.0719. The van der Waals surface area contributed by atoms with Crippen LogP contribution >= 0.6 is 0 Å². The Balaban J connectivity index is 2.09. The van der Waals surface area contributed by atoms with Crippen molar-refractivity contribution in [2.75, 3.05) is 33.9 Å². The second kappa shape index (κ2) is 6.99. The molecule has 1 aliphatic heterocycles. The summed E-state index contributed by atoms with van der Waals surface area (Å²) in [5, 5.41) is 2.38. The zero-order chi connectivity index (χ0) is 16.1. The van der Waals surface area contributed by atoms with Crippen LogP contribution in [0.15, 0.2) is 24.4 Å². The van der Waals surface area contributed by atoms with Gasteiger partial charge >= 0.3 is 6.03 Å². The lowest BCUT2D eigenvalue weighted by atomic mass is 10.1. The third kappa shape index (κ3) is 3.40. The number of rotatable bonds is 6. The normalized spacial score (nSPS) is 15.6. The topological polar surface area (TPSA) is 91.8 Å². The number of carbonyl (C=O) groups is 3. The van der Waals surface area contributed by atoms with Gasteiger partial charge in [-0.1, -0.05) is 6.07 Å². The van der Waals surface area contributed by atoms with Crippen LogP contribution in [0.2, 0.25) is 0 Å². The largest absolute Gasteiger partial charge is 0.382 e. The predicted molar refractivity (Wildman–Crippen MR) is 76.7 cm³/mol. The summed E-state index contributed by atoms with van der Waals surface area (Å²) in [6.07, 6.45) is 1.63. The van der Waals surface area contributed by atoms with E-state index < -0.39 is 11.9 Å². The molecule has 8 heteroatoms. The van der Waals surface area contributed by atoms with Gasteiger partial charge in [0, 0.05) is 20.4 Å². The number of aromatic nitrogens is 1. The quantitative estimate of drug-likeness (QED) is 0.734. The van der Waals surface area contributed by atoms with Gasteiger partial charge in [0.1, 0.15) is 6.54 Å². The van der Waals surface area contributed by atoms with Crippen molar-refractivity contribution < 1.29 is 19.1 Å². The molecule has 1 atom stereocenters. The number of nitrogens with zero attached hydrogens (tertiary/aromatic N) is 3. The molecule has 0 aliphatic carbocycles. The van der Waals surface area contributed by atoms with E-state index in [4.69, 9.17) is 4.74 Å². The summed E-state index contributed by atoms with van der Waals surface area (Å²) in [7, 11) is 3.13. The van der Waals surface area contributed by atoms with Gasteiger partial charge in [-0.3, -0.25) is 19.5 Å². The Kier molecular flexibility index (Phi) is 5.05.